The number of carboxylic acids is 1. The minimum Gasteiger partial charge on any atom is -0.481 e. The molecule has 4 rings (SSSR count). The van der Waals surface area contributed by atoms with E-state index < -0.39 is 12.1 Å². The standard InChI is InChI=1S/C26H30N2O6/c29-24(28-14-18(13-25(30)31)17-9-10-17)16-33-12-11-27-26(32)34-15-23-21-7-3-1-5-19(21)20-6-2-4-8-22(20)23/h1-8,17-18,23H,9-16H2,(H,27,32)(H,28,29)(H,30,31). The first-order valence-corrected chi connectivity index (χ1v) is 11.7. The molecule has 2 aromatic carbocycles. The number of hydrogen-bond donors (Lipinski definition) is 3. The maximum atomic E-state index is 12.1. The van der Waals surface area contributed by atoms with Crippen LogP contribution in [-0.4, -0.2) is 56.0 Å². The molecule has 8 heteroatoms. The summed E-state index contributed by atoms with van der Waals surface area (Å²) in [6, 6.07) is 16.3. The summed E-state index contributed by atoms with van der Waals surface area (Å²) in [6.07, 6.45) is 1.57. The predicted molar refractivity (Wildman–Crippen MR) is 125 cm³/mol. The number of alkyl carbamates (subject to hydrolysis) is 1. The first kappa shape index (κ1) is 23.8. The van der Waals surface area contributed by atoms with Crippen LogP contribution < -0.4 is 10.6 Å². The first-order valence-electron chi connectivity index (χ1n) is 11.7. The molecule has 0 aliphatic heterocycles. The number of hydrogen-bond acceptors (Lipinski definition) is 5. The van der Waals surface area contributed by atoms with Gasteiger partial charge in [0.1, 0.15) is 13.2 Å². The van der Waals surface area contributed by atoms with Gasteiger partial charge in [0.15, 0.2) is 0 Å². The third-order valence-corrected chi connectivity index (χ3v) is 6.38. The number of rotatable bonds is 12. The number of carboxylic acid groups (broad SMARTS) is 1. The molecule has 0 heterocycles. The van der Waals surface area contributed by atoms with Gasteiger partial charge in [0, 0.05) is 19.0 Å². The molecule has 0 bridgehead atoms. The Bertz CT molecular complexity index is 990. The zero-order chi connectivity index (χ0) is 23.9. The molecule has 1 unspecified atom stereocenters. The molecule has 8 nitrogen and oxygen atoms in total. The van der Waals surface area contributed by atoms with Crippen LogP contribution in [0.5, 0.6) is 0 Å². The Kier molecular flexibility index (Phi) is 7.80. The first-order chi connectivity index (χ1) is 16.5. The van der Waals surface area contributed by atoms with Crippen molar-refractivity contribution in [3.8, 4) is 11.1 Å². The SMILES string of the molecule is O=C(O)CC(CNC(=O)COCCNC(=O)OCC1c2ccccc2-c2ccccc21)C1CC1. The number of amides is 2. The van der Waals surface area contributed by atoms with E-state index in [1.807, 2.05) is 24.3 Å². The summed E-state index contributed by atoms with van der Waals surface area (Å²) in [5, 5.41) is 14.4. The normalized spacial score (nSPS) is 15.2. The van der Waals surface area contributed by atoms with Crippen molar-refractivity contribution in [1.29, 1.82) is 0 Å². The molecular formula is C26H30N2O6. The van der Waals surface area contributed by atoms with E-state index in [1.165, 1.54) is 11.1 Å². The molecule has 0 aromatic heterocycles. The molecule has 1 atom stereocenters. The van der Waals surface area contributed by atoms with Crippen molar-refractivity contribution >= 4 is 18.0 Å². The van der Waals surface area contributed by atoms with Crippen molar-refractivity contribution < 1.29 is 29.0 Å². The van der Waals surface area contributed by atoms with E-state index in [1.54, 1.807) is 0 Å². The third kappa shape index (κ3) is 6.14. The van der Waals surface area contributed by atoms with E-state index in [9.17, 15) is 14.4 Å². The van der Waals surface area contributed by atoms with E-state index in [0.717, 1.165) is 24.0 Å². The van der Waals surface area contributed by atoms with Gasteiger partial charge in [0.25, 0.3) is 0 Å². The van der Waals surface area contributed by atoms with Gasteiger partial charge in [-0.2, -0.15) is 0 Å². The molecule has 180 valence electrons. The zero-order valence-electron chi connectivity index (χ0n) is 19.0. The largest absolute Gasteiger partial charge is 0.481 e. The van der Waals surface area contributed by atoms with Gasteiger partial charge in [-0.25, -0.2) is 4.79 Å². The Morgan fingerprint density at radius 1 is 0.971 bits per heavy atom. The molecule has 3 N–H and O–H groups in total. The fourth-order valence-electron chi connectivity index (χ4n) is 4.53. The van der Waals surface area contributed by atoms with Crippen molar-refractivity contribution in [1.82, 2.24) is 10.6 Å². The van der Waals surface area contributed by atoms with Crippen LogP contribution in [0.25, 0.3) is 11.1 Å². The quantitative estimate of drug-likeness (QED) is 0.414. The Balaban J connectivity index is 1.12. The summed E-state index contributed by atoms with van der Waals surface area (Å²) in [5.41, 5.74) is 4.65. The van der Waals surface area contributed by atoms with E-state index in [2.05, 4.69) is 34.9 Å². The molecule has 1 fully saturated rings. The van der Waals surface area contributed by atoms with Crippen LogP contribution >= 0.6 is 0 Å². The average Bonchev–Trinajstić information content (AvgIpc) is 3.63. The smallest absolute Gasteiger partial charge is 0.407 e. The topological polar surface area (TPSA) is 114 Å². The van der Waals surface area contributed by atoms with Crippen LogP contribution in [0.2, 0.25) is 0 Å². The lowest BCUT2D eigenvalue weighted by Crippen LogP contribution is -2.35. The Labute approximate surface area is 198 Å². The van der Waals surface area contributed by atoms with E-state index >= 15 is 0 Å². The van der Waals surface area contributed by atoms with Crippen LogP contribution in [-0.2, 0) is 19.1 Å². The number of ether oxygens (including phenoxy) is 2. The summed E-state index contributed by atoms with van der Waals surface area (Å²) in [5.74, 6) is -0.784. The molecular weight excluding hydrogens is 436 g/mol. The third-order valence-electron chi connectivity index (χ3n) is 6.38. The summed E-state index contributed by atoms with van der Waals surface area (Å²) >= 11 is 0. The summed E-state index contributed by atoms with van der Waals surface area (Å²) in [7, 11) is 0. The number of fused-ring (bicyclic) bond motifs is 3. The average molecular weight is 467 g/mol. The van der Waals surface area contributed by atoms with Gasteiger partial charge in [-0.05, 0) is 46.9 Å². The highest BCUT2D eigenvalue weighted by atomic mass is 16.5. The Morgan fingerprint density at radius 3 is 2.24 bits per heavy atom. The summed E-state index contributed by atoms with van der Waals surface area (Å²) in [6.45, 7) is 0.822. The highest BCUT2D eigenvalue weighted by molar-refractivity contribution is 5.79. The minimum absolute atomic E-state index is 0.00121. The van der Waals surface area contributed by atoms with Crippen LogP contribution in [0.4, 0.5) is 4.79 Å². The zero-order valence-corrected chi connectivity index (χ0v) is 19.0. The molecule has 2 amide bonds. The van der Waals surface area contributed by atoms with Crippen molar-refractivity contribution in [2.75, 3.05) is 32.9 Å². The van der Waals surface area contributed by atoms with Gasteiger partial charge in [0.2, 0.25) is 5.91 Å². The lowest BCUT2D eigenvalue weighted by Gasteiger charge is -2.15. The Hall–Kier alpha value is -3.39. The summed E-state index contributed by atoms with van der Waals surface area (Å²) < 4.78 is 10.8. The molecule has 2 aliphatic carbocycles. The summed E-state index contributed by atoms with van der Waals surface area (Å²) in [4.78, 5) is 35.0. The molecule has 34 heavy (non-hydrogen) atoms. The molecule has 1 saturated carbocycles. The number of carbonyl (C=O) groups excluding carboxylic acids is 2. The highest BCUT2D eigenvalue weighted by Crippen LogP contribution is 2.44. The number of benzene rings is 2. The van der Waals surface area contributed by atoms with Crippen LogP contribution in [0.15, 0.2) is 48.5 Å². The molecule has 0 spiro atoms. The van der Waals surface area contributed by atoms with Crippen molar-refractivity contribution in [2.24, 2.45) is 11.8 Å². The second-order valence-electron chi connectivity index (χ2n) is 8.80. The fourth-order valence-corrected chi connectivity index (χ4v) is 4.53. The number of aliphatic carboxylic acids is 1. The van der Waals surface area contributed by atoms with E-state index in [-0.39, 0.29) is 50.5 Å². The van der Waals surface area contributed by atoms with Gasteiger partial charge < -0.3 is 25.2 Å². The highest BCUT2D eigenvalue weighted by Gasteiger charge is 2.32. The maximum absolute atomic E-state index is 12.1. The van der Waals surface area contributed by atoms with Gasteiger partial charge in [0.05, 0.1) is 13.0 Å². The monoisotopic (exact) mass is 466 g/mol. The minimum atomic E-state index is -0.846. The second-order valence-corrected chi connectivity index (χ2v) is 8.80. The maximum Gasteiger partial charge on any atom is 0.407 e. The Morgan fingerprint density at radius 2 is 1.62 bits per heavy atom. The van der Waals surface area contributed by atoms with Crippen molar-refractivity contribution in [3.05, 3.63) is 59.7 Å². The van der Waals surface area contributed by atoms with Crippen molar-refractivity contribution in [2.45, 2.75) is 25.2 Å². The predicted octanol–water partition coefficient (Wildman–Crippen LogP) is 3.16. The molecule has 2 aromatic rings. The van der Waals surface area contributed by atoms with E-state index in [4.69, 9.17) is 14.6 Å². The van der Waals surface area contributed by atoms with Crippen LogP contribution in [0.3, 0.4) is 0 Å². The molecule has 0 radical (unpaired) electrons. The molecule has 0 saturated heterocycles. The van der Waals surface area contributed by atoms with E-state index in [0.29, 0.717) is 12.5 Å². The van der Waals surface area contributed by atoms with Crippen LogP contribution in [0, 0.1) is 11.8 Å². The van der Waals surface area contributed by atoms with Gasteiger partial charge in [-0.15, -0.1) is 0 Å². The van der Waals surface area contributed by atoms with Crippen LogP contribution in [0.1, 0.15) is 36.3 Å². The molecule has 2 aliphatic rings. The lowest BCUT2D eigenvalue weighted by molar-refractivity contribution is -0.138. The van der Waals surface area contributed by atoms with Gasteiger partial charge >= 0.3 is 12.1 Å². The second kappa shape index (κ2) is 11.2. The van der Waals surface area contributed by atoms with Crippen molar-refractivity contribution in [3.63, 3.8) is 0 Å². The fraction of sp³-hybridized carbons (Fsp3) is 0.423. The van der Waals surface area contributed by atoms with Gasteiger partial charge in [-0.1, -0.05) is 48.5 Å². The lowest BCUT2D eigenvalue weighted by atomic mass is 9.98. The number of carbonyl (C=O) groups is 3. The number of nitrogens with one attached hydrogen (secondary N) is 2. The van der Waals surface area contributed by atoms with Gasteiger partial charge in [-0.3, -0.25) is 9.59 Å².